The van der Waals surface area contributed by atoms with Gasteiger partial charge in [0.05, 0.1) is 6.54 Å². The number of aromatic nitrogens is 1. The van der Waals surface area contributed by atoms with Gasteiger partial charge in [-0.15, -0.1) is 0 Å². The van der Waals surface area contributed by atoms with E-state index in [1.165, 1.54) is 12.8 Å². The highest BCUT2D eigenvalue weighted by Gasteiger charge is 2.42. The van der Waals surface area contributed by atoms with E-state index in [2.05, 4.69) is 27.4 Å². The molecule has 0 spiro atoms. The smallest absolute Gasteiger partial charge is 0.274 e. The third-order valence-corrected chi connectivity index (χ3v) is 4.99. The summed E-state index contributed by atoms with van der Waals surface area (Å²) in [5.74, 6) is -0.487. The minimum absolute atomic E-state index is 0.106. The molecule has 132 valence electrons. The van der Waals surface area contributed by atoms with Crippen molar-refractivity contribution >= 4 is 16.1 Å². The first-order valence-corrected chi connectivity index (χ1v) is 9.93. The lowest BCUT2D eigenvalue weighted by Gasteiger charge is -2.06. The molecule has 2 rings (SSSR count). The Kier molecular flexibility index (Phi) is 6.93. The van der Waals surface area contributed by atoms with Gasteiger partial charge in [0.25, 0.3) is 0 Å². The van der Waals surface area contributed by atoms with Crippen LogP contribution in [0.5, 0.6) is 0 Å². The number of aromatic amines is 1. The van der Waals surface area contributed by atoms with Crippen molar-refractivity contribution < 1.29 is 18.2 Å². The summed E-state index contributed by atoms with van der Waals surface area (Å²) in [6, 6.07) is 5.38. The zero-order valence-electron chi connectivity index (χ0n) is 14.0. The van der Waals surface area contributed by atoms with Gasteiger partial charge in [-0.05, 0) is 25.2 Å². The SMILES string of the molecule is CCCCC/C=C\[C@@H]1C[C@@H]1C(=O)NS(=O)(=O)NCc1cccc[nH+]1. The van der Waals surface area contributed by atoms with Crippen LogP contribution in [-0.4, -0.2) is 14.3 Å². The number of unbranched alkanes of at least 4 members (excludes halogenated alkanes) is 3. The molecule has 1 aromatic heterocycles. The number of nitrogens with one attached hydrogen (secondary N) is 3. The second-order valence-electron chi connectivity index (χ2n) is 6.11. The summed E-state index contributed by atoms with van der Waals surface area (Å²) in [5, 5.41) is 0. The van der Waals surface area contributed by atoms with Gasteiger partial charge in [-0.2, -0.15) is 13.1 Å². The molecule has 1 amide bonds. The summed E-state index contributed by atoms with van der Waals surface area (Å²) in [6.07, 6.45) is 11.2. The lowest BCUT2D eigenvalue weighted by molar-refractivity contribution is -0.390. The molecule has 0 saturated heterocycles. The summed E-state index contributed by atoms with van der Waals surface area (Å²) < 4.78 is 28.3. The predicted molar refractivity (Wildman–Crippen MR) is 91.8 cm³/mol. The number of hydrogen-bond donors (Lipinski definition) is 2. The van der Waals surface area contributed by atoms with E-state index in [0.29, 0.717) is 0 Å². The Morgan fingerprint density at radius 1 is 1.38 bits per heavy atom. The topological polar surface area (TPSA) is 89.4 Å². The van der Waals surface area contributed by atoms with E-state index in [4.69, 9.17) is 0 Å². The first kappa shape index (κ1) is 18.6. The molecule has 7 heteroatoms. The average molecular weight is 352 g/mol. The fourth-order valence-electron chi connectivity index (χ4n) is 2.47. The molecule has 0 bridgehead atoms. The van der Waals surface area contributed by atoms with E-state index in [1.54, 1.807) is 18.3 Å². The highest BCUT2D eigenvalue weighted by Crippen LogP contribution is 2.40. The van der Waals surface area contributed by atoms with Gasteiger partial charge in [-0.3, -0.25) is 4.79 Å². The molecule has 0 radical (unpaired) electrons. The lowest BCUT2D eigenvalue weighted by atomic mass is 10.2. The van der Waals surface area contributed by atoms with Gasteiger partial charge in [0, 0.05) is 18.1 Å². The molecule has 3 N–H and O–H groups in total. The molecular formula is C17H26N3O3S+. The van der Waals surface area contributed by atoms with Crippen LogP contribution >= 0.6 is 0 Å². The minimum Gasteiger partial charge on any atom is -0.274 e. The van der Waals surface area contributed by atoms with Crippen LogP contribution in [0.3, 0.4) is 0 Å². The fourth-order valence-corrected chi connectivity index (χ4v) is 3.30. The van der Waals surface area contributed by atoms with Crippen LogP contribution in [0.2, 0.25) is 0 Å². The number of allylic oxidation sites excluding steroid dienone is 2. The van der Waals surface area contributed by atoms with E-state index in [-0.39, 0.29) is 18.4 Å². The van der Waals surface area contributed by atoms with Crippen molar-refractivity contribution in [2.45, 2.75) is 45.6 Å². The molecule has 1 aliphatic rings. The highest BCUT2D eigenvalue weighted by molar-refractivity contribution is 7.88. The fraction of sp³-hybridized carbons (Fsp3) is 0.529. The quantitative estimate of drug-likeness (QED) is 0.496. The predicted octanol–water partition coefficient (Wildman–Crippen LogP) is 1.72. The van der Waals surface area contributed by atoms with Crippen LogP contribution in [0.1, 0.15) is 44.7 Å². The van der Waals surface area contributed by atoms with Crippen molar-refractivity contribution in [1.29, 1.82) is 0 Å². The third-order valence-electron chi connectivity index (χ3n) is 4.00. The van der Waals surface area contributed by atoms with Crippen LogP contribution in [0.15, 0.2) is 36.5 Å². The van der Waals surface area contributed by atoms with E-state index in [9.17, 15) is 13.2 Å². The van der Waals surface area contributed by atoms with E-state index < -0.39 is 16.1 Å². The van der Waals surface area contributed by atoms with Gasteiger partial charge in [-0.1, -0.05) is 38.0 Å². The molecule has 1 saturated carbocycles. The van der Waals surface area contributed by atoms with Gasteiger partial charge < -0.3 is 0 Å². The monoisotopic (exact) mass is 352 g/mol. The summed E-state index contributed by atoms with van der Waals surface area (Å²) in [7, 11) is -3.83. The van der Waals surface area contributed by atoms with Crippen molar-refractivity contribution in [2.75, 3.05) is 0 Å². The molecule has 6 nitrogen and oxygen atoms in total. The van der Waals surface area contributed by atoms with Crippen molar-refractivity contribution in [2.24, 2.45) is 11.8 Å². The molecule has 0 aliphatic heterocycles. The molecule has 0 aromatic carbocycles. The van der Waals surface area contributed by atoms with Crippen molar-refractivity contribution in [3.05, 3.63) is 42.2 Å². The largest absolute Gasteiger partial charge is 0.301 e. The summed E-state index contributed by atoms with van der Waals surface area (Å²) in [4.78, 5) is 14.9. The third kappa shape index (κ3) is 6.41. The Labute approximate surface area is 143 Å². The Bertz CT molecular complexity index is 659. The number of carbonyl (C=O) groups excluding carboxylic acids is 1. The zero-order valence-corrected chi connectivity index (χ0v) is 14.8. The number of hydrogen-bond acceptors (Lipinski definition) is 3. The second kappa shape index (κ2) is 8.94. The van der Waals surface area contributed by atoms with Crippen molar-refractivity contribution in [3.8, 4) is 0 Å². The van der Waals surface area contributed by atoms with E-state index >= 15 is 0 Å². The molecule has 1 aliphatic carbocycles. The zero-order chi connectivity index (χ0) is 17.4. The maximum absolute atomic E-state index is 12.0. The van der Waals surface area contributed by atoms with E-state index in [0.717, 1.165) is 25.0 Å². The van der Waals surface area contributed by atoms with Crippen LogP contribution in [0.4, 0.5) is 0 Å². The van der Waals surface area contributed by atoms with Gasteiger partial charge in [0.2, 0.25) is 5.91 Å². The Hall–Kier alpha value is -1.73. The first-order valence-electron chi connectivity index (χ1n) is 8.45. The molecule has 24 heavy (non-hydrogen) atoms. The maximum atomic E-state index is 12.0. The minimum atomic E-state index is -3.83. The number of carbonyl (C=O) groups is 1. The summed E-state index contributed by atoms with van der Waals surface area (Å²) >= 11 is 0. The van der Waals surface area contributed by atoms with Gasteiger partial charge >= 0.3 is 10.2 Å². The number of H-pyrrole nitrogens is 1. The summed E-state index contributed by atoms with van der Waals surface area (Å²) in [5.41, 5.74) is 0.717. The molecule has 1 aromatic rings. The Morgan fingerprint density at radius 2 is 2.21 bits per heavy atom. The molecular weight excluding hydrogens is 326 g/mol. The van der Waals surface area contributed by atoms with Gasteiger partial charge in [-0.25, -0.2) is 9.71 Å². The standard InChI is InChI=1S/C17H25N3O3S/c1-2-3-4-5-6-9-14-12-16(14)17(21)20-24(22,23)19-13-15-10-7-8-11-18-15/h6-11,14,16,19H,2-5,12-13H2,1H3,(H,20,21)/p+1/b9-6-/t14-,16+/m1/s1. The maximum Gasteiger partial charge on any atom is 0.301 e. The number of amides is 1. The first-order chi connectivity index (χ1) is 11.5. The van der Waals surface area contributed by atoms with Crippen LogP contribution in [0, 0.1) is 11.8 Å². The average Bonchev–Trinajstić information content (AvgIpc) is 3.33. The highest BCUT2D eigenvalue weighted by atomic mass is 32.2. The van der Waals surface area contributed by atoms with Crippen molar-refractivity contribution in [1.82, 2.24) is 9.44 Å². The van der Waals surface area contributed by atoms with Gasteiger partial charge in [0.1, 0.15) is 0 Å². The second-order valence-corrected chi connectivity index (χ2v) is 7.61. The molecule has 1 heterocycles. The van der Waals surface area contributed by atoms with Crippen LogP contribution < -0.4 is 14.4 Å². The normalized spacial score (nSPS) is 20.2. The lowest BCUT2D eigenvalue weighted by Crippen LogP contribution is -2.41. The molecule has 0 unspecified atom stereocenters. The number of rotatable bonds is 10. The summed E-state index contributed by atoms with van der Waals surface area (Å²) in [6.45, 7) is 2.27. The van der Waals surface area contributed by atoms with Crippen LogP contribution in [0.25, 0.3) is 0 Å². The van der Waals surface area contributed by atoms with Crippen LogP contribution in [-0.2, 0) is 21.5 Å². The Morgan fingerprint density at radius 3 is 2.92 bits per heavy atom. The van der Waals surface area contributed by atoms with E-state index in [1.807, 2.05) is 12.1 Å². The number of pyridine rings is 1. The van der Waals surface area contributed by atoms with Gasteiger partial charge in [0.15, 0.2) is 11.9 Å². The van der Waals surface area contributed by atoms with Crippen molar-refractivity contribution in [3.63, 3.8) is 0 Å². The Balaban J connectivity index is 1.72. The molecule has 1 fully saturated rings. The molecule has 2 atom stereocenters.